The van der Waals surface area contributed by atoms with Crippen molar-refractivity contribution in [1.82, 2.24) is 10.6 Å². The summed E-state index contributed by atoms with van der Waals surface area (Å²) in [6.45, 7) is 3.68. The van der Waals surface area contributed by atoms with Crippen LogP contribution in [0.15, 0.2) is 42.5 Å². The molecule has 154 valence electrons. The molecule has 29 heavy (non-hydrogen) atoms. The van der Waals surface area contributed by atoms with Crippen molar-refractivity contribution in [1.29, 1.82) is 0 Å². The van der Waals surface area contributed by atoms with Crippen LogP contribution in [0.25, 0.3) is 0 Å². The minimum Gasteiger partial charge on any atom is -0.454 e. The molecule has 1 aliphatic heterocycles. The van der Waals surface area contributed by atoms with Gasteiger partial charge in [-0.1, -0.05) is 23.7 Å². The van der Waals surface area contributed by atoms with Crippen LogP contribution in [0.4, 0.5) is 0 Å². The summed E-state index contributed by atoms with van der Waals surface area (Å²) in [5, 5.41) is 6.18. The van der Waals surface area contributed by atoms with Crippen molar-refractivity contribution >= 4 is 23.4 Å². The molecular weight excluding hydrogens is 396 g/mol. The van der Waals surface area contributed by atoms with E-state index in [0.717, 1.165) is 0 Å². The lowest BCUT2D eigenvalue weighted by molar-refractivity contribution is -0.123. The summed E-state index contributed by atoms with van der Waals surface area (Å²) in [4.78, 5) is 25.6. The smallest absolute Gasteiger partial charge is 0.252 e. The minimum atomic E-state index is -0.864. The molecule has 0 aliphatic carbocycles. The van der Waals surface area contributed by atoms with Gasteiger partial charge in [-0.15, -0.1) is 0 Å². The highest BCUT2D eigenvalue weighted by molar-refractivity contribution is 6.30. The molecule has 2 amide bonds. The Morgan fingerprint density at radius 3 is 2.66 bits per heavy atom. The highest BCUT2D eigenvalue weighted by atomic mass is 35.5. The summed E-state index contributed by atoms with van der Waals surface area (Å²) >= 11 is 5.96. The van der Waals surface area contributed by atoms with Crippen LogP contribution in [-0.2, 0) is 9.53 Å². The van der Waals surface area contributed by atoms with Crippen molar-refractivity contribution in [2.75, 3.05) is 26.6 Å². The third-order valence-corrected chi connectivity index (χ3v) is 4.60. The van der Waals surface area contributed by atoms with Crippen LogP contribution in [-0.4, -0.2) is 38.4 Å². The second kappa shape index (κ2) is 10.1. The Morgan fingerprint density at radius 1 is 1.14 bits per heavy atom. The minimum absolute atomic E-state index is 0.123. The van der Waals surface area contributed by atoms with Gasteiger partial charge in [0, 0.05) is 30.3 Å². The Morgan fingerprint density at radius 2 is 1.90 bits per heavy atom. The Labute approximate surface area is 174 Å². The van der Waals surface area contributed by atoms with Gasteiger partial charge in [0.05, 0.1) is 0 Å². The Balaban J connectivity index is 1.71. The summed E-state index contributed by atoms with van der Waals surface area (Å²) in [7, 11) is 0. The number of carbonyl (C=O) groups is 2. The Hall–Kier alpha value is -2.77. The average molecular weight is 419 g/mol. The number of ether oxygens (including phenoxy) is 3. The highest BCUT2D eigenvalue weighted by Crippen LogP contribution is 2.32. The van der Waals surface area contributed by atoms with Gasteiger partial charge in [0.15, 0.2) is 11.5 Å². The van der Waals surface area contributed by atoms with Gasteiger partial charge >= 0.3 is 0 Å². The summed E-state index contributed by atoms with van der Waals surface area (Å²) < 4.78 is 15.9. The maximum atomic E-state index is 12.8. The molecule has 0 aromatic heterocycles. The molecule has 1 aliphatic rings. The standard InChI is InChI=1S/C21H23ClN2O5/c1-2-27-11-3-10-23-21(26)19(14-4-7-16(22)8-5-14)24-20(25)15-6-9-17-18(12-15)29-13-28-17/h4-9,12,19H,2-3,10-11,13H2,1H3,(H,23,26)(H,24,25)/t19-/m1/s1. The van der Waals surface area contributed by atoms with E-state index in [4.69, 9.17) is 25.8 Å². The Bertz CT molecular complexity index is 857. The summed E-state index contributed by atoms with van der Waals surface area (Å²) in [6.07, 6.45) is 0.684. The second-order valence-electron chi connectivity index (χ2n) is 6.37. The molecule has 0 saturated heterocycles. The number of amides is 2. The van der Waals surface area contributed by atoms with Crippen LogP contribution in [0.2, 0.25) is 5.02 Å². The summed E-state index contributed by atoms with van der Waals surface area (Å²) in [5.74, 6) is 0.384. The lowest BCUT2D eigenvalue weighted by Gasteiger charge is -2.19. The van der Waals surface area contributed by atoms with Gasteiger partial charge in [-0.05, 0) is 49.2 Å². The van der Waals surface area contributed by atoms with Crippen LogP contribution in [0.3, 0.4) is 0 Å². The van der Waals surface area contributed by atoms with Crippen LogP contribution in [0, 0.1) is 0 Å². The van der Waals surface area contributed by atoms with E-state index in [1.54, 1.807) is 42.5 Å². The molecule has 0 radical (unpaired) electrons. The van der Waals surface area contributed by atoms with Crippen molar-refractivity contribution < 1.29 is 23.8 Å². The van der Waals surface area contributed by atoms with Gasteiger partial charge in [0.2, 0.25) is 12.7 Å². The van der Waals surface area contributed by atoms with E-state index in [9.17, 15) is 9.59 Å². The van der Waals surface area contributed by atoms with E-state index >= 15 is 0 Å². The maximum Gasteiger partial charge on any atom is 0.252 e. The summed E-state index contributed by atoms with van der Waals surface area (Å²) in [6, 6.07) is 10.8. The molecule has 0 spiro atoms. The van der Waals surface area contributed by atoms with Crippen LogP contribution in [0.5, 0.6) is 11.5 Å². The van der Waals surface area contributed by atoms with Crippen LogP contribution >= 0.6 is 11.6 Å². The van der Waals surface area contributed by atoms with Gasteiger partial charge in [-0.2, -0.15) is 0 Å². The molecule has 2 N–H and O–H groups in total. The molecule has 2 aromatic rings. The first kappa shape index (κ1) is 21.0. The molecular formula is C21H23ClN2O5. The molecule has 0 unspecified atom stereocenters. The van der Waals surface area contributed by atoms with Gasteiger partial charge in [0.25, 0.3) is 5.91 Å². The quantitative estimate of drug-likeness (QED) is 0.611. The fourth-order valence-corrected chi connectivity index (χ4v) is 2.97. The zero-order valence-electron chi connectivity index (χ0n) is 16.1. The topological polar surface area (TPSA) is 85.9 Å². The number of hydrogen-bond donors (Lipinski definition) is 2. The third-order valence-electron chi connectivity index (χ3n) is 4.34. The number of hydrogen-bond acceptors (Lipinski definition) is 5. The SMILES string of the molecule is CCOCCCNC(=O)[C@H](NC(=O)c1ccc2c(c1)OCO2)c1ccc(Cl)cc1. The van der Waals surface area contributed by atoms with E-state index in [-0.39, 0.29) is 12.7 Å². The fraction of sp³-hybridized carbons (Fsp3) is 0.333. The van der Waals surface area contributed by atoms with E-state index < -0.39 is 11.9 Å². The van der Waals surface area contributed by atoms with Crippen LogP contribution < -0.4 is 20.1 Å². The second-order valence-corrected chi connectivity index (χ2v) is 6.80. The first-order valence-electron chi connectivity index (χ1n) is 9.40. The monoisotopic (exact) mass is 418 g/mol. The van der Waals surface area contributed by atoms with Gasteiger partial charge in [-0.25, -0.2) is 0 Å². The van der Waals surface area contributed by atoms with Crippen molar-refractivity contribution in [3.8, 4) is 11.5 Å². The van der Waals surface area contributed by atoms with E-state index in [2.05, 4.69) is 10.6 Å². The number of carbonyl (C=O) groups excluding carboxylic acids is 2. The zero-order valence-corrected chi connectivity index (χ0v) is 16.8. The predicted molar refractivity (Wildman–Crippen MR) is 108 cm³/mol. The highest BCUT2D eigenvalue weighted by Gasteiger charge is 2.24. The molecule has 8 heteroatoms. The van der Waals surface area contributed by atoms with Crippen molar-refractivity contribution in [3.63, 3.8) is 0 Å². The third kappa shape index (κ3) is 5.62. The molecule has 1 atom stereocenters. The average Bonchev–Trinajstić information content (AvgIpc) is 3.20. The molecule has 0 fully saturated rings. The van der Waals surface area contributed by atoms with Crippen molar-refractivity contribution in [3.05, 3.63) is 58.6 Å². The molecule has 0 saturated carbocycles. The van der Waals surface area contributed by atoms with Crippen molar-refractivity contribution in [2.45, 2.75) is 19.4 Å². The molecule has 3 rings (SSSR count). The van der Waals surface area contributed by atoms with Crippen LogP contribution in [0.1, 0.15) is 35.3 Å². The number of benzene rings is 2. The molecule has 7 nitrogen and oxygen atoms in total. The summed E-state index contributed by atoms with van der Waals surface area (Å²) in [5.41, 5.74) is 1.00. The Kier molecular flexibility index (Phi) is 7.32. The zero-order chi connectivity index (χ0) is 20.6. The number of halogens is 1. The first-order valence-corrected chi connectivity index (χ1v) is 9.77. The van der Waals surface area contributed by atoms with E-state index in [1.807, 2.05) is 6.92 Å². The predicted octanol–water partition coefficient (Wildman–Crippen LogP) is 3.08. The van der Waals surface area contributed by atoms with Gasteiger partial charge in [-0.3, -0.25) is 9.59 Å². The van der Waals surface area contributed by atoms with Gasteiger partial charge < -0.3 is 24.8 Å². The van der Waals surface area contributed by atoms with Crippen molar-refractivity contribution in [2.24, 2.45) is 0 Å². The molecule has 1 heterocycles. The number of nitrogens with one attached hydrogen (secondary N) is 2. The molecule has 2 aromatic carbocycles. The van der Waals surface area contributed by atoms with E-state index in [0.29, 0.717) is 53.8 Å². The maximum absolute atomic E-state index is 12.8. The van der Waals surface area contributed by atoms with Gasteiger partial charge in [0.1, 0.15) is 6.04 Å². The number of rotatable bonds is 9. The van der Waals surface area contributed by atoms with E-state index in [1.165, 1.54) is 0 Å². The normalized spacial score (nSPS) is 13.0. The number of fused-ring (bicyclic) bond motifs is 1. The lowest BCUT2D eigenvalue weighted by atomic mass is 10.0. The lowest BCUT2D eigenvalue weighted by Crippen LogP contribution is -2.40. The molecule has 0 bridgehead atoms. The fourth-order valence-electron chi connectivity index (χ4n) is 2.84. The largest absolute Gasteiger partial charge is 0.454 e. The first-order chi connectivity index (χ1) is 14.1.